The molecule has 0 amide bonds. The molecule has 23 heavy (non-hydrogen) atoms. The lowest BCUT2D eigenvalue weighted by Gasteiger charge is -2.15. The number of aliphatic hydroxyl groups is 1. The number of rotatable bonds is 7. The van der Waals surface area contributed by atoms with Gasteiger partial charge in [0.05, 0.1) is 17.6 Å². The van der Waals surface area contributed by atoms with Crippen molar-refractivity contribution in [3.05, 3.63) is 60.4 Å². The van der Waals surface area contributed by atoms with Crippen LogP contribution < -0.4 is 4.74 Å². The van der Waals surface area contributed by atoms with Crippen LogP contribution in [0.2, 0.25) is 0 Å². The highest BCUT2D eigenvalue weighted by Gasteiger charge is 2.14. The predicted octanol–water partition coefficient (Wildman–Crippen LogP) is 2.62. The predicted molar refractivity (Wildman–Crippen MR) is 88.4 cm³/mol. The van der Waals surface area contributed by atoms with E-state index in [4.69, 9.17) is 9.47 Å². The maximum Gasteiger partial charge on any atom is 0.136 e. The molecular weight excluding hydrogens is 292 g/mol. The smallest absolute Gasteiger partial charge is 0.136 e. The molecule has 0 aliphatic heterocycles. The van der Waals surface area contributed by atoms with Crippen molar-refractivity contribution >= 4 is 11.0 Å². The van der Waals surface area contributed by atoms with Gasteiger partial charge >= 0.3 is 0 Å². The summed E-state index contributed by atoms with van der Waals surface area (Å²) >= 11 is 0. The summed E-state index contributed by atoms with van der Waals surface area (Å²) in [6.07, 6.45) is -0.636. The Hall–Kier alpha value is -2.37. The summed E-state index contributed by atoms with van der Waals surface area (Å²) in [4.78, 5) is 4.56. The monoisotopic (exact) mass is 312 g/mol. The normalized spacial score (nSPS) is 12.4. The average Bonchev–Trinajstić information content (AvgIpc) is 2.92. The maximum absolute atomic E-state index is 10.3. The van der Waals surface area contributed by atoms with Crippen molar-refractivity contribution in [1.29, 1.82) is 0 Å². The first-order valence-electron chi connectivity index (χ1n) is 7.57. The van der Waals surface area contributed by atoms with Crippen molar-refractivity contribution in [3.8, 4) is 5.75 Å². The van der Waals surface area contributed by atoms with Crippen LogP contribution in [0, 0.1) is 0 Å². The van der Waals surface area contributed by atoms with Gasteiger partial charge in [0.1, 0.15) is 30.9 Å². The first-order chi connectivity index (χ1) is 11.3. The van der Waals surface area contributed by atoms with E-state index in [1.165, 1.54) is 0 Å². The summed E-state index contributed by atoms with van der Waals surface area (Å²) in [6, 6.07) is 17.3. The Morgan fingerprint density at radius 1 is 1.09 bits per heavy atom. The Labute approximate surface area is 135 Å². The third-order valence-electron chi connectivity index (χ3n) is 3.59. The number of aliphatic hydroxyl groups excluding tert-OH is 1. The topological polar surface area (TPSA) is 56.5 Å². The SMILES string of the molecule is COCc1nc2ccccc2n1C[C@@H](O)COc1ccccc1. The van der Waals surface area contributed by atoms with E-state index in [0.717, 1.165) is 22.6 Å². The van der Waals surface area contributed by atoms with Gasteiger partial charge in [0.2, 0.25) is 0 Å². The molecule has 3 aromatic rings. The fourth-order valence-electron chi connectivity index (χ4n) is 2.54. The molecule has 1 heterocycles. The fraction of sp³-hybridized carbons (Fsp3) is 0.278. The number of nitrogens with zero attached hydrogens (tertiary/aromatic N) is 2. The van der Waals surface area contributed by atoms with Crippen LogP contribution in [0.5, 0.6) is 5.75 Å². The first-order valence-corrected chi connectivity index (χ1v) is 7.57. The van der Waals surface area contributed by atoms with E-state index in [-0.39, 0.29) is 6.61 Å². The molecule has 0 spiro atoms. The summed E-state index contributed by atoms with van der Waals surface area (Å²) in [5.74, 6) is 1.55. The third kappa shape index (κ3) is 3.70. The number of hydrogen-bond donors (Lipinski definition) is 1. The highest BCUT2D eigenvalue weighted by molar-refractivity contribution is 5.75. The van der Waals surface area contributed by atoms with Gasteiger partial charge < -0.3 is 19.1 Å². The Balaban J connectivity index is 1.73. The lowest BCUT2D eigenvalue weighted by Crippen LogP contribution is -2.24. The molecule has 0 radical (unpaired) electrons. The Kier molecular flexibility index (Phi) is 4.90. The molecule has 0 aliphatic rings. The van der Waals surface area contributed by atoms with Gasteiger partial charge in [0.25, 0.3) is 0 Å². The summed E-state index contributed by atoms with van der Waals surface area (Å²) < 4.78 is 12.8. The van der Waals surface area contributed by atoms with Gasteiger partial charge in [0.15, 0.2) is 0 Å². The van der Waals surface area contributed by atoms with Crippen molar-refractivity contribution in [1.82, 2.24) is 9.55 Å². The highest BCUT2D eigenvalue weighted by Crippen LogP contribution is 2.17. The molecular formula is C18H20N2O3. The van der Waals surface area contributed by atoms with Gasteiger partial charge in [0, 0.05) is 7.11 Å². The number of aromatic nitrogens is 2. The van der Waals surface area contributed by atoms with Gasteiger partial charge in [-0.15, -0.1) is 0 Å². The minimum absolute atomic E-state index is 0.225. The molecule has 0 saturated carbocycles. The molecule has 0 fully saturated rings. The molecule has 1 N–H and O–H groups in total. The number of hydrogen-bond acceptors (Lipinski definition) is 4. The standard InChI is InChI=1S/C18H20N2O3/c1-22-13-18-19-16-9-5-6-10-17(16)20(18)11-14(21)12-23-15-7-3-2-4-8-15/h2-10,14,21H,11-13H2,1H3/t14-/m1/s1. The van der Waals surface area contributed by atoms with Crippen LogP contribution in [0.15, 0.2) is 54.6 Å². The van der Waals surface area contributed by atoms with E-state index in [2.05, 4.69) is 4.98 Å². The largest absolute Gasteiger partial charge is 0.491 e. The molecule has 120 valence electrons. The summed E-state index contributed by atoms with van der Waals surface area (Å²) in [5.41, 5.74) is 1.88. The molecule has 5 heteroatoms. The lowest BCUT2D eigenvalue weighted by molar-refractivity contribution is 0.0901. The van der Waals surface area contributed by atoms with E-state index in [1.807, 2.05) is 59.2 Å². The van der Waals surface area contributed by atoms with Gasteiger partial charge in [-0.2, -0.15) is 0 Å². The van der Waals surface area contributed by atoms with Crippen LogP contribution in [-0.2, 0) is 17.9 Å². The van der Waals surface area contributed by atoms with E-state index in [9.17, 15) is 5.11 Å². The van der Waals surface area contributed by atoms with Crippen LogP contribution >= 0.6 is 0 Å². The zero-order valence-electron chi connectivity index (χ0n) is 13.1. The van der Waals surface area contributed by atoms with Gasteiger partial charge in [-0.1, -0.05) is 30.3 Å². The quantitative estimate of drug-likeness (QED) is 0.728. The molecule has 1 aromatic heterocycles. The van der Waals surface area contributed by atoms with E-state index < -0.39 is 6.10 Å². The third-order valence-corrected chi connectivity index (χ3v) is 3.59. The molecule has 5 nitrogen and oxygen atoms in total. The van der Waals surface area contributed by atoms with E-state index in [1.54, 1.807) is 7.11 Å². The molecule has 0 aliphatic carbocycles. The van der Waals surface area contributed by atoms with E-state index >= 15 is 0 Å². The van der Waals surface area contributed by atoms with Crippen LogP contribution in [0.3, 0.4) is 0 Å². The van der Waals surface area contributed by atoms with Crippen molar-refractivity contribution in [3.63, 3.8) is 0 Å². The number of para-hydroxylation sites is 3. The second kappa shape index (κ2) is 7.26. The molecule has 3 rings (SSSR count). The van der Waals surface area contributed by atoms with Crippen molar-refractivity contribution in [2.45, 2.75) is 19.3 Å². The number of benzene rings is 2. The zero-order valence-corrected chi connectivity index (χ0v) is 13.1. The Morgan fingerprint density at radius 2 is 1.83 bits per heavy atom. The Bertz CT molecular complexity index is 755. The number of fused-ring (bicyclic) bond motifs is 1. The van der Waals surface area contributed by atoms with Crippen LogP contribution in [0.4, 0.5) is 0 Å². The minimum Gasteiger partial charge on any atom is -0.491 e. The molecule has 0 unspecified atom stereocenters. The van der Waals surface area contributed by atoms with Gasteiger partial charge in [-0.05, 0) is 24.3 Å². The van der Waals surface area contributed by atoms with Gasteiger partial charge in [-0.25, -0.2) is 4.98 Å². The highest BCUT2D eigenvalue weighted by atomic mass is 16.5. The van der Waals surface area contributed by atoms with Gasteiger partial charge in [-0.3, -0.25) is 0 Å². The second-order valence-corrected chi connectivity index (χ2v) is 5.34. The number of ether oxygens (including phenoxy) is 2. The fourth-order valence-corrected chi connectivity index (χ4v) is 2.54. The Morgan fingerprint density at radius 3 is 2.61 bits per heavy atom. The summed E-state index contributed by atoms with van der Waals surface area (Å²) in [5, 5.41) is 10.3. The molecule has 0 bridgehead atoms. The minimum atomic E-state index is -0.636. The number of imidazole rings is 1. The van der Waals surface area contributed by atoms with Crippen LogP contribution in [-0.4, -0.2) is 34.5 Å². The average molecular weight is 312 g/mol. The van der Waals surface area contributed by atoms with Crippen LogP contribution in [0.25, 0.3) is 11.0 Å². The lowest BCUT2D eigenvalue weighted by atomic mass is 10.3. The molecule has 0 saturated heterocycles. The molecule has 2 aromatic carbocycles. The molecule has 1 atom stereocenters. The first kappa shape index (κ1) is 15.5. The zero-order chi connectivity index (χ0) is 16.1. The van der Waals surface area contributed by atoms with Crippen molar-refractivity contribution in [2.24, 2.45) is 0 Å². The second-order valence-electron chi connectivity index (χ2n) is 5.34. The van der Waals surface area contributed by atoms with Crippen molar-refractivity contribution in [2.75, 3.05) is 13.7 Å². The maximum atomic E-state index is 10.3. The summed E-state index contributed by atoms with van der Waals surface area (Å²) in [6.45, 7) is 1.04. The van der Waals surface area contributed by atoms with Crippen LogP contribution in [0.1, 0.15) is 5.82 Å². The summed E-state index contributed by atoms with van der Waals surface area (Å²) in [7, 11) is 1.64. The van der Waals surface area contributed by atoms with E-state index in [0.29, 0.717) is 13.2 Å². The number of methoxy groups -OCH3 is 1. The van der Waals surface area contributed by atoms with Crippen molar-refractivity contribution < 1.29 is 14.6 Å².